The van der Waals surface area contributed by atoms with Crippen LogP contribution in [0, 0.1) is 6.92 Å². The summed E-state index contributed by atoms with van der Waals surface area (Å²) in [6.45, 7) is 4.75. The van der Waals surface area contributed by atoms with E-state index in [1.165, 1.54) is 11.8 Å². The molecule has 0 spiro atoms. The molecule has 7 nitrogen and oxygen atoms in total. The molecule has 0 unspecified atom stereocenters. The van der Waals surface area contributed by atoms with Crippen LogP contribution in [0.3, 0.4) is 0 Å². The number of thioether (sulfide) groups is 1. The van der Waals surface area contributed by atoms with Crippen LogP contribution in [0.15, 0.2) is 53.7 Å². The van der Waals surface area contributed by atoms with Gasteiger partial charge in [0.25, 0.3) is 5.91 Å². The molecule has 0 aliphatic rings. The van der Waals surface area contributed by atoms with Gasteiger partial charge >= 0.3 is 0 Å². The molecule has 2 amide bonds. The predicted molar refractivity (Wildman–Crippen MR) is 115 cm³/mol. The number of nitrogens with one attached hydrogen (secondary N) is 2. The van der Waals surface area contributed by atoms with Crippen LogP contribution in [0.1, 0.15) is 22.8 Å². The van der Waals surface area contributed by atoms with Crippen LogP contribution in [0.25, 0.3) is 11.4 Å². The van der Waals surface area contributed by atoms with E-state index in [0.717, 1.165) is 17.0 Å². The van der Waals surface area contributed by atoms with Crippen molar-refractivity contribution >= 4 is 29.3 Å². The standard InChI is InChI=1S/C21H23N5O2S/c1-4-26-19(15-9-7-8-14(2)12-15)24-25-21(26)29-13-18(27)23-17-11-6-5-10-16(17)20(28)22-3/h5-12H,4,13H2,1-3H3,(H,22,28)(H,23,27). The number of rotatable bonds is 7. The lowest BCUT2D eigenvalue weighted by atomic mass is 10.1. The van der Waals surface area contributed by atoms with E-state index in [0.29, 0.717) is 23.0 Å². The summed E-state index contributed by atoms with van der Waals surface area (Å²) in [5.41, 5.74) is 3.05. The summed E-state index contributed by atoms with van der Waals surface area (Å²) < 4.78 is 1.99. The summed E-state index contributed by atoms with van der Waals surface area (Å²) in [6.07, 6.45) is 0. The highest BCUT2D eigenvalue weighted by Crippen LogP contribution is 2.25. The molecule has 0 radical (unpaired) electrons. The molecule has 0 bridgehead atoms. The van der Waals surface area contributed by atoms with E-state index < -0.39 is 0 Å². The molecule has 0 saturated heterocycles. The highest BCUT2D eigenvalue weighted by atomic mass is 32.2. The zero-order chi connectivity index (χ0) is 20.8. The second kappa shape index (κ2) is 9.38. The van der Waals surface area contributed by atoms with Crippen LogP contribution >= 0.6 is 11.8 Å². The Labute approximate surface area is 173 Å². The third kappa shape index (κ3) is 4.83. The van der Waals surface area contributed by atoms with Gasteiger partial charge < -0.3 is 15.2 Å². The van der Waals surface area contributed by atoms with Crippen molar-refractivity contribution < 1.29 is 9.59 Å². The van der Waals surface area contributed by atoms with E-state index in [9.17, 15) is 9.59 Å². The van der Waals surface area contributed by atoms with Crippen molar-refractivity contribution in [3.8, 4) is 11.4 Å². The molecular formula is C21H23N5O2S. The average Bonchev–Trinajstić information content (AvgIpc) is 3.15. The van der Waals surface area contributed by atoms with Crippen LogP contribution in [-0.2, 0) is 11.3 Å². The molecule has 8 heteroatoms. The maximum Gasteiger partial charge on any atom is 0.253 e. The Balaban J connectivity index is 1.71. The number of nitrogens with zero attached hydrogens (tertiary/aromatic N) is 3. The topological polar surface area (TPSA) is 88.9 Å². The van der Waals surface area contributed by atoms with Gasteiger partial charge in [-0.15, -0.1) is 10.2 Å². The summed E-state index contributed by atoms with van der Waals surface area (Å²) in [4.78, 5) is 24.4. The van der Waals surface area contributed by atoms with Gasteiger partial charge in [0.2, 0.25) is 5.91 Å². The molecular weight excluding hydrogens is 386 g/mol. The van der Waals surface area contributed by atoms with Gasteiger partial charge in [-0.3, -0.25) is 9.59 Å². The van der Waals surface area contributed by atoms with Gasteiger partial charge in [0, 0.05) is 19.2 Å². The first kappa shape index (κ1) is 20.6. The fourth-order valence-electron chi connectivity index (χ4n) is 2.92. The first-order valence-electron chi connectivity index (χ1n) is 9.27. The second-order valence-electron chi connectivity index (χ2n) is 6.38. The summed E-state index contributed by atoms with van der Waals surface area (Å²) in [6, 6.07) is 15.0. The zero-order valence-corrected chi connectivity index (χ0v) is 17.4. The normalized spacial score (nSPS) is 10.6. The van der Waals surface area contributed by atoms with E-state index in [2.05, 4.69) is 26.9 Å². The SMILES string of the molecule is CCn1c(SCC(=O)Nc2ccccc2C(=O)NC)nnc1-c1cccc(C)c1. The molecule has 0 atom stereocenters. The molecule has 2 N–H and O–H groups in total. The number of para-hydroxylation sites is 1. The zero-order valence-electron chi connectivity index (χ0n) is 16.6. The van der Waals surface area contributed by atoms with E-state index in [1.54, 1.807) is 31.3 Å². The molecule has 0 saturated carbocycles. The Morgan fingerprint density at radius 1 is 1.10 bits per heavy atom. The van der Waals surface area contributed by atoms with Gasteiger partial charge in [-0.05, 0) is 32.0 Å². The van der Waals surface area contributed by atoms with Crippen molar-refractivity contribution in [2.45, 2.75) is 25.5 Å². The van der Waals surface area contributed by atoms with Gasteiger partial charge in [0.1, 0.15) is 0 Å². The van der Waals surface area contributed by atoms with Crippen molar-refractivity contribution in [2.75, 3.05) is 18.1 Å². The minimum absolute atomic E-state index is 0.161. The number of hydrogen-bond acceptors (Lipinski definition) is 5. The maximum atomic E-state index is 12.4. The van der Waals surface area contributed by atoms with Crippen molar-refractivity contribution in [1.29, 1.82) is 0 Å². The van der Waals surface area contributed by atoms with Crippen molar-refractivity contribution in [1.82, 2.24) is 20.1 Å². The lowest BCUT2D eigenvalue weighted by Gasteiger charge is -2.10. The molecule has 3 rings (SSSR count). The Kier molecular flexibility index (Phi) is 6.66. The van der Waals surface area contributed by atoms with Gasteiger partial charge in [-0.25, -0.2) is 0 Å². The largest absolute Gasteiger partial charge is 0.355 e. The first-order chi connectivity index (χ1) is 14.0. The smallest absolute Gasteiger partial charge is 0.253 e. The summed E-state index contributed by atoms with van der Waals surface area (Å²) in [5.74, 6) is 0.480. The number of benzene rings is 2. The Bertz CT molecular complexity index is 1030. The fourth-order valence-corrected chi connectivity index (χ4v) is 3.72. The molecule has 0 aliphatic heterocycles. The molecule has 1 aromatic heterocycles. The molecule has 2 aromatic carbocycles. The van der Waals surface area contributed by atoms with Crippen LogP contribution in [0.5, 0.6) is 0 Å². The minimum atomic E-state index is -0.248. The van der Waals surface area contributed by atoms with E-state index in [1.807, 2.05) is 36.6 Å². The number of hydrogen-bond donors (Lipinski definition) is 2. The van der Waals surface area contributed by atoms with Crippen LogP contribution < -0.4 is 10.6 Å². The third-order valence-electron chi connectivity index (χ3n) is 4.31. The van der Waals surface area contributed by atoms with E-state index in [4.69, 9.17) is 0 Å². The lowest BCUT2D eigenvalue weighted by molar-refractivity contribution is -0.113. The molecule has 150 valence electrons. The number of aromatic nitrogens is 3. The Morgan fingerprint density at radius 3 is 2.62 bits per heavy atom. The third-order valence-corrected chi connectivity index (χ3v) is 5.28. The molecule has 3 aromatic rings. The molecule has 0 aliphatic carbocycles. The Morgan fingerprint density at radius 2 is 1.90 bits per heavy atom. The number of amides is 2. The predicted octanol–water partition coefficient (Wildman–Crippen LogP) is 3.36. The summed E-state index contributed by atoms with van der Waals surface area (Å²) in [7, 11) is 1.56. The molecule has 0 fully saturated rings. The number of carbonyl (C=O) groups excluding carboxylic acids is 2. The van der Waals surface area contributed by atoms with E-state index >= 15 is 0 Å². The van der Waals surface area contributed by atoms with Crippen molar-refractivity contribution in [3.05, 3.63) is 59.7 Å². The van der Waals surface area contributed by atoms with Gasteiger partial charge in [-0.2, -0.15) is 0 Å². The van der Waals surface area contributed by atoms with Crippen molar-refractivity contribution in [2.24, 2.45) is 0 Å². The summed E-state index contributed by atoms with van der Waals surface area (Å²) >= 11 is 1.32. The maximum absolute atomic E-state index is 12.4. The highest BCUT2D eigenvalue weighted by Gasteiger charge is 2.16. The summed E-state index contributed by atoms with van der Waals surface area (Å²) in [5, 5.41) is 14.6. The van der Waals surface area contributed by atoms with Gasteiger partial charge in [0.05, 0.1) is 17.0 Å². The van der Waals surface area contributed by atoms with E-state index in [-0.39, 0.29) is 17.6 Å². The number of carbonyl (C=O) groups is 2. The number of aryl methyl sites for hydroxylation is 1. The minimum Gasteiger partial charge on any atom is -0.355 e. The average molecular weight is 410 g/mol. The van der Waals surface area contributed by atoms with Crippen molar-refractivity contribution in [3.63, 3.8) is 0 Å². The highest BCUT2D eigenvalue weighted by molar-refractivity contribution is 7.99. The lowest BCUT2D eigenvalue weighted by Crippen LogP contribution is -2.22. The van der Waals surface area contributed by atoms with Crippen LogP contribution in [0.2, 0.25) is 0 Å². The molecule has 1 heterocycles. The van der Waals surface area contributed by atoms with Crippen LogP contribution in [-0.4, -0.2) is 39.4 Å². The first-order valence-corrected chi connectivity index (χ1v) is 10.3. The number of anilines is 1. The monoisotopic (exact) mass is 409 g/mol. The fraction of sp³-hybridized carbons (Fsp3) is 0.238. The van der Waals surface area contributed by atoms with Crippen LogP contribution in [0.4, 0.5) is 5.69 Å². The van der Waals surface area contributed by atoms with Gasteiger partial charge in [0.15, 0.2) is 11.0 Å². The second-order valence-corrected chi connectivity index (χ2v) is 7.32. The Hall–Kier alpha value is -3.13. The quantitative estimate of drug-likeness (QED) is 0.584. The molecule has 29 heavy (non-hydrogen) atoms. The van der Waals surface area contributed by atoms with Gasteiger partial charge in [-0.1, -0.05) is 47.7 Å².